The Balaban J connectivity index is 2.06. The number of nitrogens with zero attached hydrogens (tertiary/aromatic N) is 2. The molecule has 0 spiro atoms. The second-order valence-electron chi connectivity index (χ2n) is 5.80. The summed E-state index contributed by atoms with van der Waals surface area (Å²) in [7, 11) is 1.21. The third kappa shape index (κ3) is 3.62. The Morgan fingerprint density at radius 1 is 1.25 bits per heavy atom. The van der Waals surface area contributed by atoms with E-state index in [4.69, 9.17) is 28.9 Å². The number of rotatable bonds is 5. The molecule has 2 amide bonds. The van der Waals surface area contributed by atoms with Crippen LogP contribution in [0.3, 0.4) is 0 Å². The number of thioether (sulfide) groups is 1. The molecule has 2 aliphatic rings. The van der Waals surface area contributed by atoms with Gasteiger partial charge >= 0.3 is 11.9 Å². The van der Waals surface area contributed by atoms with Crippen LogP contribution >= 0.6 is 35.6 Å². The minimum absolute atomic E-state index is 0.0799. The number of aliphatic carboxylic acids is 1. The number of carboxylic acid groups (broad SMARTS) is 1. The van der Waals surface area contributed by atoms with E-state index in [0.29, 0.717) is 16.3 Å². The number of hydrogen-bond acceptors (Lipinski definition) is 7. The molecule has 3 rings (SSSR count). The van der Waals surface area contributed by atoms with Crippen molar-refractivity contribution in [3.05, 3.63) is 33.7 Å². The van der Waals surface area contributed by atoms with Crippen molar-refractivity contribution in [3.63, 3.8) is 0 Å². The van der Waals surface area contributed by atoms with Gasteiger partial charge in [-0.2, -0.15) is 0 Å². The molecule has 1 N–H and O–H groups in total. The number of ether oxygens (including phenoxy) is 1. The van der Waals surface area contributed by atoms with Gasteiger partial charge in [0.05, 0.1) is 29.7 Å². The number of carboxylic acids is 1. The Bertz CT molecular complexity index is 961. The fourth-order valence-electron chi connectivity index (χ4n) is 2.82. The monoisotopic (exact) mass is 440 g/mol. The number of esters is 1. The lowest BCUT2D eigenvalue weighted by Gasteiger charge is -2.15. The van der Waals surface area contributed by atoms with Gasteiger partial charge in [0.25, 0.3) is 11.8 Å². The van der Waals surface area contributed by atoms with Crippen molar-refractivity contribution in [2.75, 3.05) is 25.1 Å². The van der Waals surface area contributed by atoms with Crippen LogP contribution in [-0.4, -0.2) is 58.3 Å². The van der Waals surface area contributed by atoms with Crippen LogP contribution in [0, 0.1) is 0 Å². The number of thiocarbonyl (C=S) groups is 1. The van der Waals surface area contributed by atoms with Crippen LogP contribution in [0.25, 0.3) is 5.57 Å². The van der Waals surface area contributed by atoms with Gasteiger partial charge in [0, 0.05) is 17.1 Å². The van der Waals surface area contributed by atoms with Crippen LogP contribution in [0.4, 0.5) is 5.69 Å². The van der Waals surface area contributed by atoms with E-state index in [2.05, 4.69) is 4.74 Å². The van der Waals surface area contributed by atoms with Crippen LogP contribution in [0.5, 0.6) is 0 Å². The summed E-state index contributed by atoms with van der Waals surface area (Å²) in [6.07, 6.45) is -0.278. The SMILES string of the molecule is COC(=O)CN1C(=O)/C(=C2\SC(=S)N(CCC(=O)O)C2=O)c2cc(Cl)ccc21. The van der Waals surface area contributed by atoms with E-state index in [9.17, 15) is 19.2 Å². The summed E-state index contributed by atoms with van der Waals surface area (Å²) in [5.41, 5.74) is 0.905. The van der Waals surface area contributed by atoms with Gasteiger partial charge in [0.15, 0.2) is 0 Å². The molecule has 0 aliphatic carbocycles. The molecule has 2 aliphatic heterocycles. The van der Waals surface area contributed by atoms with Crippen molar-refractivity contribution < 1.29 is 29.0 Å². The minimum Gasteiger partial charge on any atom is -0.481 e. The van der Waals surface area contributed by atoms with E-state index in [1.807, 2.05) is 0 Å². The smallest absolute Gasteiger partial charge is 0.325 e. The summed E-state index contributed by atoms with van der Waals surface area (Å²) < 4.78 is 4.80. The van der Waals surface area contributed by atoms with Gasteiger partial charge in [-0.15, -0.1) is 0 Å². The molecule has 146 valence electrons. The molecule has 11 heteroatoms. The van der Waals surface area contributed by atoms with Gasteiger partial charge in [-0.3, -0.25) is 29.0 Å². The Hall–Kier alpha value is -2.43. The lowest BCUT2D eigenvalue weighted by atomic mass is 10.1. The van der Waals surface area contributed by atoms with Crippen LogP contribution in [0.2, 0.25) is 5.02 Å². The molecule has 28 heavy (non-hydrogen) atoms. The highest BCUT2D eigenvalue weighted by molar-refractivity contribution is 8.26. The lowest BCUT2D eigenvalue weighted by Crippen LogP contribution is -2.33. The number of benzene rings is 1. The van der Waals surface area contributed by atoms with E-state index < -0.39 is 23.8 Å². The van der Waals surface area contributed by atoms with Crippen molar-refractivity contribution in [2.24, 2.45) is 0 Å². The number of fused-ring (bicyclic) bond motifs is 1. The topological polar surface area (TPSA) is 104 Å². The zero-order valence-electron chi connectivity index (χ0n) is 14.4. The number of methoxy groups -OCH3 is 1. The Morgan fingerprint density at radius 2 is 1.96 bits per heavy atom. The largest absolute Gasteiger partial charge is 0.481 e. The molecule has 0 bridgehead atoms. The van der Waals surface area contributed by atoms with Crippen LogP contribution in [0.15, 0.2) is 23.1 Å². The lowest BCUT2D eigenvalue weighted by molar-refractivity contribution is -0.140. The molecule has 1 aromatic carbocycles. The molecule has 2 heterocycles. The third-order valence-electron chi connectivity index (χ3n) is 4.12. The molecule has 1 saturated heterocycles. The molecule has 0 unspecified atom stereocenters. The van der Waals surface area contributed by atoms with Crippen LogP contribution in [-0.2, 0) is 23.9 Å². The Labute approximate surface area is 174 Å². The molecular weight excluding hydrogens is 428 g/mol. The van der Waals surface area contributed by atoms with Crippen molar-refractivity contribution in [3.8, 4) is 0 Å². The third-order valence-corrected chi connectivity index (χ3v) is 5.80. The van der Waals surface area contributed by atoms with Crippen molar-refractivity contribution in [1.29, 1.82) is 0 Å². The van der Waals surface area contributed by atoms with E-state index in [0.717, 1.165) is 16.7 Å². The molecule has 0 aromatic heterocycles. The summed E-state index contributed by atoms with van der Waals surface area (Å²) in [6.45, 7) is -0.425. The molecular formula is C17H13ClN2O6S2. The second kappa shape index (κ2) is 7.90. The van der Waals surface area contributed by atoms with Gasteiger partial charge in [-0.05, 0) is 18.2 Å². The first-order valence-corrected chi connectivity index (χ1v) is 9.53. The summed E-state index contributed by atoms with van der Waals surface area (Å²) in [6, 6.07) is 4.68. The first-order chi connectivity index (χ1) is 13.2. The van der Waals surface area contributed by atoms with E-state index in [1.54, 1.807) is 12.1 Å². The number of amides is 2. The highest BCUT2D eigenvalue weighted by Crippen LogP contribution is 2.45. The van der Waals surface area contributed by atoms with E-state index in [-0.39, 0.29) is 34.3 Å². The molecule has 1 aromatic rings. The maximum absolute atomic E-state index is 13.0. The highest BCUT2D eigenvalue weighted by atomic mass is 35.5. The summed E-state index contributed by atoms with van der Waals surface area (Å²) in [5, 5.41) is 9.20. The van der Waals surface area contributed by atoms with Gasteiger partial charge in [-0.25, -0.2) is 0 Å². The van der Waals surface area contributed by atoms with Crippen molar-refractivity contribution >= 4 is 74.9 Å². The van der Waals surface area contributed by atoms with E-state index >= 15 is 0 Å². The Morgan fingerprint density at radius 3 is 2.61 bits per heavy atom. The molecule has 8 nitrogen and oxygen atoms in total. The number of hydrogen-bond donors (Lipinski definition) is 1. The van der Waals surface area contributed by atoms with Crippen molar-refractivity contribution in [1.82, 2.24) is 4.90 Å². The second-order valence-corrected chi connectivity index (χ2v) is 7.88. The zero-order chi connectivity index (χ0) is 20.6. The minimum atomic E-state index is -1.07. The normalized spacial score (nSPS) is 18.7. The first kappa shape index (κ1) is 20.3. The molecule has 0 radical (unpaired) electrons. The summed E-state index contributed by atoms with van der Waals surface area (Å²) in [5.74, 6) is -2.80. The van der Waals surface area contributed by atoms with Gasteiger partial charge in [0.1, 0.15) is 10.9 Å². The highest BCUT2D eigenvalue weighted by Gasteiger charge is 2.42. The van der Waals surface area contributed by atoms with Gasteiger partial charge in [0.2, 0.25) is 0 Å². The molecule has 1 fully saturated rings. The Kier molecular flexibility index (Phi) is 5.73. The number of halogens is 1. The van der Waals surface area contributed by atoms with Crippen LogP contribution in [0.1, 0.15) is 12.0 Å². The van der Waals surface area contributed by atoms with Gasteiger partial charge < -0.3 is 9.84 Å². The first-order valence-electron chi connectivity index (χ1n) is 7.93. The quantitative estimate of drug-likeness (QED) is 0.420. The summed E-state index contributed by atoms with van der Waals surface area (Å²) >= 11 is 12.2. The summed E-state index contributed by atoms with van der Waals surface area (Å²) in [4.78, 5) is 50.8. The number of carbonyl (C=O) groups is 4. The maximum Gasteiger partial charge on any atom is 0.325 e. The molecule has 0 atom stereocenters. The molecule has 0 saturated carbocycles. The van der Waals surface area contributed by atoms with Crippen LogP contribution < -0.4 is 4.90 Å². The predicted octanol–water partition coefficient (Wildman–Crippen LogP) is 1.91. The number of anilines is 1. The fraction of sp³-hybridized carbons (Fsp3) is 0.235. The standard InChI is InChI=1S/C17H13ClN2O6S2/c1-26-12(23)7-20-10-3-2-8(18)6-9(10)13(15(20)24)14-16(25)19(17(27)28-14)5-4-11(21)22/h2-3,6H,4-5,7H2,1H3,(H,21,22)/b14-13-. The number of carbonyl (C=O) groups excluding carboxylic acids is 3. The average Bonchev–Trinajstić information content (AvgIpc) is 3.06. The zero-order valence-corrected chi connectivity index (χ0v) is 16.8. The maximum atomic E-state index is 13.0. The van der Waals surface area contributed by atoms with E-state index in [1.165, 1.54) is 18.1 Å². The fourth-order valence-corrected chi connectivity index (χ4v) is 4.38. The van der Waals surface area contributed by atoms with Gasteiger partial charge in [-0.1, -0.05) is 35.6 Å². The van der Waals surface area contributed by atoms with Crippen molar-refractivity contribution in [2.45, 2.75) is 6.42 Å². The predicted molar refractivity (Wildman–Crippen MR) is 107 cm³/mol. The average molecular weight is 441 g/mol.